The van der Waals surface area contributed by atoms with Crippen molar-refractivity contribution in [3.8, 4) is 0 Å². The van der Waals surface area contributed by atoms with Gasteiger partial charge in [-0.3, -0.25) is 19.2 Å². The third-order valence-electron chi connectivity index (χ3n) is 5.68. The molecule has 2 aromatic rings. The lowest BCUT2D eigenvalue weighted by Crippen LogP contribution is -2.57. The van der Waals surface area contributed by atoms with E-state index >= 15 is 0 Å². The largest absolute Gasteiger partial charge is 0.480 e. The maximum absolute atomic E-state index is 13.2. The van der Waals surface area contributed by atoms with Crippen LogP contribution in [0.2, 0.25) is 0 Å². The first-order chi connectivity index (χ1) is 17.5. The van der Waals surface area contributed by atoms with Crippen molar-refractivity contribution in [2.45, 2.75) is 56.8 Å². The summed E-state index contributed by atoms with van der Waals surface area (Å²) in [6.07, 6.45) is 3.46. The van der Waals surface area contributed by atoms with Crippen molar-refractivity contribution in [2.75, 3.05) is 12.0 Å². The molecule has 1 aromatic heterocycles. The zero-order valence-corrected chi connectivity index (χ0v) is 21.6. The molecule has 1 heterocycles. The fourth-order valence-corrected chi connectivity index (χ4v) is 4.10. The number of H-pyrrole nitrogens is 1. The maximum atomic E-state index is 13.2. The fourth-order valence-electron chi connectivity index (χ4n) is 3.63. The standard InChI is InChI=1S/C24H34N6O6S/c1-13(25)21(32)28-17(9-10-37-2)22(33)30-19(11-14-12-27-16-6-4-3-5-15(14)16)23(34)29-18(24(35)36)7-8-20(26)31/h3-6,12-13,17-19,27H,7-11,25H2,1-2H3,(H2,26,31)(H,28,32)(H,29,34)(H,30,33)(H,35,36). The first-order valence-corrected chi connectivity index (χ1v) is 13.1. The topological polar surface area (TPSA) is 209 Å². The van der Waals surface area contributed by atoms with Crippen molar-refractivity contribution in [3.05, 3.63) is 36.0 Å². The maximum Gasteiger partial charge on any atom is 0.326 e. The van der Waals surface area contributed by atoms with E-state index in [-0.39, 0.29) is 19.3 Å². The van der Waals surface area contributed by atoms with Crippen LogP contribution >= 0.6 is 11.8 Å². The molecule has 4 unspecified atom stereocenters. The fraction of sp³-hybridized carbons (Fsp3) is 0.458. The Morgan fingerprint density at radius 3 is 2.22 bits per heavy atom. The van der Waals surface area contributed by atoms with Crippen LogP contribution < -0.4 is 27.4 Å². The zero-order chi connectivity index (χ0) is 27.5. The molecule has 1 aromatic carbocycles. The van der Waals surface area contributed by atoms with Gasteiger partial charge >= 0.3 is 5.97 Å². The second-order valence-corrected chi connectivity index (χ2v) is 9.65. The summed E-state index contributed by atoms with van der Waals surface area (Å²) in [7, 11) is 0. The Kier molecular flexibility index (Phi) is 11.4. The van der Waals surface area contributed by atoms with Gasteiger partial charge in [0.1, 0.15) is 18.1 Å². The molecule has 0 radical (unpaired) electrons. The van der Waals surface area contributed by atoms with Gasteiger partial charge in [-0.05, 0) is 43.4 Å². The number of carboxylic acid groups (broad SMARTS) is 1. The van der Waals surface area contributed by atoms with Gasteiger partial charge in [0.15, 0.2) is 0 Å². The third kappa shape index (κ3) is 9.10. The number of carbonyl (C=O) groups is 5. The van der Waals surface area contributed by atoms with E-state index < -0.39 is 53.8 Å². The first kappa shape index (κ1) is 29.6. The van der Waals surface area contributed by atoms with Crippen molar-refractivity contribution in [2.24, 2.45) is 11.5 Å². The van der Waals surface area contributed by atoms with E-state index in [9.17, 15) is 29.1 Å². The van der Waals surface area contributed by atoms with E-state index in [1.54, 1.807) is 6.20 Å². The lowest BCUT2D eigenvalue weighted by atomic mass is 10.0. The molecule has 13 heteroatoms. The number of benzene rings is 1. The Hall–Kier alpha value is -3.58. The molecule has 4 amide bonds. The number of aromatic nitrogens is 1. The van der Waals surface area contributed by atoms with Crippen LogP contribution in [0.25, 0.3) is 10.9 Å². The highest BCUT2D eigenvalue weighted by Crippen LogP contribution is 2.19. The Balaban J connectivity index is 2.31. The van der Waals surface area contributed by atoms with Gasteiger partial charge in [0.25, 0.3) is 0 Å². The van der Waals surface area contributed by atoms with Crippen LogP contribution in [-0.2, 0) is 30.4 Å². The second kappa shape index (κ2) is 14.2. The molecule has 0 aliphatic rings. The number of fused-ring (bicyclic) bond motifs is 1. The molecule has 0 spiro atoms. The third-order valence-corrected chi connectivity index (χ3v) is 6.33. The van der Waals surface area contributed by atoms with Gasteiger partial charge < -0.3 is 37.5 Å². The lowest BCUT2D eigenvalue weighted by Gasteiger charge is -2.25. The second-order valence-electron chi connectivity index (χ2n) is 8.66. The van der Waals surface area contributed by atoms with Crippen LogP contribution in [0.3, 0.4) is 0 Å². The van der Waals surface area contributed by atoms with Crippen molar-refractivity contribution < 1.29 is 29.1 Å². The Bertz CT molecular complexity index is 1120. The van der Waals surface area contributed by atoms with Crippen LogP contribution in [0.15, 0.2) is 30.5 Å². The molecule has 0 saturated heterocycles. The Morgan fingerprint density at radius 1 is 0.973 bits per heavy atom. The van der Waals surface area contributed by atoms with Crippen LogP contribution in [0.4, 0.5) is 0 Å². The number of primary amides is 1. The van der Waals surface area contributed by atoms with Crippen molar-refractivity contribution >= 4 is 52.3 Å². The van der Waals surface area contributed by atoms with E-state index in [0.717, 1.165) is 16.5 Å². The first-order valence-electron chi connectivity index (χ1n) is 11.7. The number of aromatic amines is 1. The molecule has 9 N–H and O–H groups in total. The number of thioether (sulfide) groups is 1. The minimum atomic E-state index is -1.38. The quantitative estimate of drug-likeness (QED) is 0.160. The molecule has 0 bridgehead atoms. The van der Waals surface area contributed by atoms with Crippen LogP contribution in [-0.4, -0.2) is 75.9 Å². The van der Waals surface area contributed by atoms with Gasteiger partial charge in [0.2, 0.25) is 23.6 Å². The highest BCUT2D eigenvalue weighted by atomic mass is 32.2. The number of rotatable bonds is 15. The van der Waals surface area contributed by atoms with Crippen molar-refractivity contribution in [3.63, 3.8) is 0 Å². The van der Waals surface area contributed by atoms with E-state index in [1.165, 1.54) is 18.7 Å². The van der Waals surface area contributed by atoms with E-state index in [2.05, 4.69) is 20.9 Å². The average Bonchev–Trinajstić information content (AvgIpc) is 3.25. The Labute approximate surface area is 218 Å². The van der Waals surface area contributed by atoms with Gasteiger partial charge in [-0.15, -0.1) is 0 Å². The zero-order valence-electron chi connectivity index (χ0n) is 20.8. The summed E-state index contributed by atoms with van der Waals surface area (Å²) in [4.78, 5) is 64.5. The highest BCUT2D eigenvalue weighted by Gasteiger charge is 2.30. The molecule has 0 saturated carbocycles. The normalized spacial score (nSPS) is 14.2. The number of nitrogens with two attached hydrogens (primary N) is 2. The van der Waals surface area contributed by atoms with Gasteiger partial charge in [-0.2, -0.15) is 11.8 Å². The number of carboxylic acids is 1. The molecule has 0 aliphatic carbocycles. The monoisotopic (exact) mass is 534 g/mol. The number of hydrogen-bond donors (Lipinski definition) is 7. The number of hydrogen-bond acceptors (Lipinski definition) is 7. The summed E-state index contributed by atoms with van der Waals surface area (Å²) in [6, 6.07) is 3.06. The van der Waals surface area contributed by atoms with Gasteiger partial charge in [-0.1, -0.05) is 18.2 Å². The van der Waals surface area contributed by atoms with Crippen molar-refractivity contribution in [1.29, 1.82) is 0 Å². The smallest absolute Gasteiger partial charge is 0.326 e. The summed E-state index contributed by atoms with van der Waals surface area (Å²) >= 11 is 1.48. The molecule has 202 valence electrons. The van der Waals surface area contributed by atoms with Crippen LogP contribution in [0.5, 0.6) is 0 Å². The van der Waals surface area contributed by atoms with Crippen molar-refractivity contribution in [1.82, 2.24) is 20.9 Å². The number of carbonyl (C=O) groups excluding carboxylic acids is 4. The summed E-state index contributed by atoms with van der Waals surface area (Å²) in [6.45, 7) is 1.49. The summed E-state index contributed by atoms with van der Waals surface area (Å²) in [5.74, 6) is -3.36. The van der Waals surface area contributed by atoms with Gasteiger partial charge in [0.05, 0.1) is 6.04 Å². The van der Waals surface area contributed by atoms with Crippen LogP contribution in [0.1, 0.15) is 31.7 Å². The molecule has 0 aliphatic heterocycles. The van der Waals surface area contributed by atoms with E-state index in [4.69, 9.17) is 11.5 Å². The molecule has 37 heavy (non-hydrogen) atoms. The van der Waals surface area contributed by atoms with E-state index in [0.29, 0.717) is 12.2 Å². The number of aliphatic carboxylic acids is 1. The van der Waals surface area contributed by atoms with Gasteiger partial charge in [0, 0.05) is 29.9 Å². The highest BCUT2D eigenvalue weighted by molar-refractivity contribution is 7.98. The molecule has 4 atom stereocenters. The number of nitrogens with one attached hydrogen (secondary N) is 4. The number of para-hydroxylation sites is 1. The summed E-state index contributed by atoms with van der Waals surface area (Å²) in [5.41, 5.74) is 12.3. The SMILES string of the molecule is CSCCC(NC(=O)C(C)N)C(=O)NC(Cc1c[nH]c2ccccc12)C(=O)NC(CCC(N)=O)C(=O)O. The summed E-state index contributed by atoms with van der Waals surface area (Å²) in [5, 5.41) is 18.0. The van der Waals surface area contributed by atoms with Crippen LogP contribution in [0, 0.1) is 0 Å². The molecule has 0 fully saturated rings. The number of amides is 4. The average molecular weight is 535 g/mol. The molecular formula is C24H34N6O6S. The molecule has 12 nitrogen and oxygen atoms in total. The minimum absolute atomic E-state index is 0.0419. The molecule has 2 rings (SSSR count). The van der Waals surface area contributed by atoms with Gasteiger partial charge in [-0.25, -0.2) is 4.79 Å². The summed E-state index contributed by atoms with van der Waals surface area (Å²) < 4.78 is 0. The lowest BCUT2D eigenvalue weighted by molar-refractivity contribution is -0.142. The Morgan fingerprint density at radius 2 is 1.59 bits per heavy atom. The molecular weight excluding hydrogens is 500 g/mol. The minimum Gasteiger partial charge on any atom is -0.480 e. The predicted octanol–water partition coefficient (Wildman–Crippen LogP) is -0.385. The predicted molar refractivity (Wildman–Crippen MR) is 141 cm³/mol. The van der Waals surface area contributed by atoms with E-state index in [1.807, 2.05) is 30.5 Å².